The molecule has 0 bridgehead atoms. The number of alkyl halides is 3. The van der Waals surface area contributed by atoms with Gasteiger partial charge < -0.3 is 21.1 Å². The molecule has 2 aromatic rings. The van der Waals surface area contributed by atoms with Gasteiger partial charge in [0.05, 0.1) is 28.1 Å². The molecule has 7 nitrogen and oxygen atoms in total. The lowest BCUT2D eigenvalue weighted by atomic mass is 9.82. The van der Waals surface area contributed by atoms with Crippen molar-refractivity contribution < 1.29 is 17.9 Å². The molecule has 2 aliphatic rings. The molecule has 1 aliphatic carbocycles. The number of halogens is 4. The lowest BCUT2D eigenvalue weighted by molar-refractivity contribution is -0.168. The summed E-state index contributed by atoms with van der Waals surface area (Å²) in [6.45, 7) is 3.07. The molecule has 0 aromatic carbocycles. The molecule has 1 unspecified atom stereocenters. The number of aromatic nitrogens is 2. The number of ether oxygens (including phenoxy) is 1. The average molecular weight is 553 g/mol. The second-order valence-electron chi connectivity index (χ2n) is 10.0. The maximum absolute atomic E-state index is 12.2. The Morgan fingerprint density at radius 1 is 1.24 bits per heavy atom. The smallest absolute Gasteiger partial charge is 0.384 e. The Labute approximate surface area is 227 Å². The van der Waals surface area contributed by atoms with Crippen LogP contribution in [0.3, 0.4) is 0 Å². The molecule has 11 heteroatoms. The Morgan fingerprint density at radius 2 is 1.95 bits per heavy atom. The molecule has 208 valence electrons. The zero-order valence-electron chi connectivity index (χ0n) is 21.7. The van der Waals surface area contributed by atoms with Crippen molar-refractivity contribution in [1.82, 2.24) is 15.3 Å². The van der Waals surface area contributed by atoms with Gasteiger partial charge in [-0.2, -0.15) is 18.4 Å². The van der Waals surface area contributed by atoms with E-state index < -0.39 is 17.5 Å². The van der Waals surface area contributed by atoms with Crippen LogP contribution in [0.4, 0.5) is 24.8 Å². The highest BCUT2D eigenvalue weighted by molar-refractivity contribution is 6.33. The quantitative estimate of drug-likeness (QED) is 0.374. The average Bonchev–Trinajstić information content (AvgIpc) is 2.93. The number of pyridine rings is 2. The number of nitrogen functional groups attached to an aromatic ring is 1. The maximum atomic E-state index is 12.2. The molecule has 1 aliphatic heterocycles. The van der Waals surface area contributed by atoms with E-state index >= 15 is 0 Å². The number of nitriles is 1. The first-order valence-electron chi connectivity index (χ1n) is 13.0. The van der Waals surface area contributed by atoms with E-state index in [4.69, 9.17) is 22.1 Å². The molecular formula is C27H36ClF3N6O. The molecule has 1 atom stereocenters. The summed E-state index contributed by atoms with van der Waals surface area (Å²) in [5.74, 6) is -0.148. The van der Waals surface area contributed by atoms with Crippen LogP contribution < -0.4 is 16.4 Å². The molecule has 0 radical (unpaired) electrons. The fourth-order valence-electron chi connectivity index (χ4n) is 4.45. The topological polar surface area (TPSA) is 109 Å². The van der Waals surface area contributed by atoms with Crippen LogP contribution in [-0.4, -0.2) is 48.5 Å². The Bertz CT molecular complexity index is 1070. The third-order valence-corrected chi connectivity index (χ3v) is 7.37. The Morgan fingerprint density at radius 3 is 2.61 bits per heavy atom. The molecule has 4 N–H and O–H groups in total. The minimum Gasteiger partial charge on any atom is -0.384 e. The van der Waals surface area contributed by atoms with Gasteiger partial charge in [0.2, 0.25) is 0 Å². The van der Waals surface area contributed by atoms with Gasteiger partial charge in [0.1, 0.15) is 11.6 Å². The maximum Gasteiger partial charge on any atom is 0.392 e. The monoisotopic (exact) mass is 552 g/mol. The van der Waals surface area contributed by atoms with Crippen LogP contribution in [0.25, 0.3) is 11.3 Å². The third kappa shape index (κ3) is 9.00. The van der Waals surface area contributed by atoms with Crippen LogP contribution in [0.1, 0.15) is 51.9 Å². The molecule has 38 heavy (non-hydrogen) atoms. The van der Waals surface area contributed by atoms with Crippen molar-refractivity contribution in [3.05, 3.63) is 35.5 Å². The van der Waals surface area contributed by atoms with Crippen molar-refractivity contribution in [2.24, 2.45) is 11.3 Å². The number of nitrogens with two attached hydrogens (primary N) is 1. The summed E-state index contributed by atoms with van der Waals surface area (Å²) in [6.07, 6.45) is 4.51. The minimum atomic E-state index is -4.05. The highest BCUT2D eigenvalue weighted by Crippen LogP contribution is 2.31. The van der Waals surface area contributed by atoms with E-state index in [-0.39, 0.29) is 6.54 Å². The molecule has 3 heterocycles. The van der Waals surface area contributed by atoms with E-state index in [0.717, 1.165) is 44.1 Å². The van der Waals surface area contributed by atoms with Gasteiger partial charge in [-0.05, 0) is 43.9 Å². The second kappa shape index (κ2) is 14.0. The van der Waals surface area contributed by atoms with Crippen LogP contribution in [0.2, 0.25) is 5.02 Å². The van der Waals surface area contributed by atoms with Gasteiger partial charge in [-0.3, -0.25) is 0 Å². The fourth-order valence-corrected chi connectivity index (χ4v) is 4.65. The molecule has 2 aromatic heterocycles. The highest BCUT2D eigenvalue weighted by Gasteiger charge is 2.36. The van der Waals surface area contributed by atoms with Crippen LogP contribution in [0.5, 0.6) is 0 Å². The summed E-state index contributed by atoms with van der Waals surface area (Å²) in [5.41, 5.74) is 6.76. The van der Waals surface area contributed by atoms with E-state index in [9.17, 15) is 18.4 Å². The van der Waals surface area contributed by atoms with Gasteiger partial charge in [0, 0.05) is 44.1 Å². The van der Waals surface area contributed by atoms with Crippen LogP contribution >= 0.6 is 11.6 Å². The lowest BCUT2D eigenvalue weighted by Crippen LogP contribution is -2.38. The van der Waals surface area contributed by atoms with E-state index in [0.29, 0.717) is 48.2 Å². The molecular weight excluding hydrogens is 517 g/mol. The summed E-state index contributed by atoms with van der Waals surface area (Å²) >= 11 is 6.19. The van der Waals surface area contributed by atoms with Crippen LogP contribution in [0, 0.1) is 22.7 Å². The van der Waals surface area contributed by atoms with Gasteiger partial charge in [-0.1, -0.05) is 43.9 Å². The predicted octanol–water partition coefficient (Wildman–Crippen LogP) is 6.22. The van der Waals surface area contributed by atoms with Gasteiger partial charge in [-0.25, -0.2) is 9.97 Å². The molecule has 4 rings (SSSR count). The normalized spacial score (nSPS) is 18.5. The van der Waals surface area contributed by atoms with Crippen LogP contribution in [-0.2, 0) is 4.74 Å². The minimum absolute atomic E-state index is 0.0637. The number of nitrogens with one attached hydrogen (secondary N) is 2. The SMILES string of the molecule is CC(CNC1CCCCC1)C(F)(F)F.N#CC1(CNc2cccc(-c3cc(N)ncc3Cl)n2)CCOCC1. The molecule has 1 saturated heterocycles. The summed E-state index contributed by atoms with van der Waals surface area (Å²) < 4.78 is 41.8. The van der Waals surface area contributed by atoms with Crippen molar-refractivity contribution in [1.29, 1.82) is 5.26 Å². The third-order valence-electron chi connectivity index (χ3n) is 7.07. The largest absolute Gasteiger partial charge is 0.392 e. The van der Waals surface area contributed by atoms with Gasteiger partial charge in [-0.15, -0.1) is 0 Å². The fraction of sp³-hybridized carbons (Fsp3) is 0.593. The zero-order valence-corrected chi connectivity index (χ0v) is 22.4. The molecule has 1 saturated carbocycles. The van der Waals surface area contributed by atoms with Crippen molar-refractivity contribution in [3.8, 4) is 17.3 Å². The number of anilines is 2. The first-order chi connectivity index (χ1) is 18.1. The number of hydrogen-bond acceptors (Lipinski definition) is 7. The van der Waals surface area contributed by atoms with Gasteiger partial charge in [0.15, 0.2) is 0 Å². The van der Waals surface area contributed by atoms with Gasteiger partial charge >= 0.3 is 6.18 Å². The number of rotatable bonds is 7. The van der Waals surface area contributed by atoms with Crippen molar-refractivity contribution in [3.63, 3.8) is 0 Å². The van der Waals surface area contributed by atoms with Crippen molar-refractivity contribution >= 4 is 23.2 Å². The highest BCUT2D eigenvalue weighted by atomic mass is 35.5. The molecule has 0 amide bonds. The summed E-state index contributed by atoms with van der Waals surface area (Å²) in [5, 5.41) is 16.3. The second-order valence-corrected chi connectivity index (χ2v) is 10.4. The van der Waals surface area contributed by atoms with Crippen LogP contribution in [0.15, 0.2) is 30.5 Å². The van der Waals surface area contributed by atoms with E-state index in [2.05, 4.69) is 26.7 Å². The summed E-state index contributed by atoms with van der Waals surface area (Å²) in [6, 6.07) is 10.1. The Balaban J connectivity index is 0.000000244. The lowest BCUT2D eigenvalue weighted by Gasteiger charge is -2.30. The van der Waals surface area contributed by atoms with Gasteiger partial charge in [0.25, 0.3) is 0 Å². The first-order valence-corrected chi connectivity index (χ1v) is 13.4. The summed E-state index contributed by atoms with van der Waals surface area (Å²) in [4.78, 5) is 8.53. The first kappa shape index (κ1) is 29.9. The summed E-state index contributed by atoms with van der Waals surface area (Å²) in [7, 11) is 0. The number of hydrogen-bond donors (Lipinski definition) is 3. The number of nitrogens with zero attached hydrogens (tertiary/aromatic N) is 3. The van der Waals surface area contributed by atoms with Crippen molar-refractivity contribution in [2.75, 3.05) is 37.4 Å². The predicted molar refractivity (Wildman–Crippen MR) is 144 cm³/mol. The zero-order chi connectivity index (χ0) is 27.6. The van der Waals surface area contributed by atoms with Crippen molar-refractivity contribution in [2.45, 2.75) is 64.1 Å². The van der Waals surface area contributed by atoms with E-state index in [1.807, 2.05) is 18.2 Å². The molecule has 0 spiro atoms. The molecule has 2 fully saturated rings. The van der Waals surface area contributed by atoms with E-state index in [1.54, 1.807) is 6.07 Å². The standard InChI is InChI=1S/C17H18ClN5O.C10H18F3N/c18-13-9-21-15(20)8-12(13)14-2-1-3-16(23-14)22-11-17(10-19)4-6-24-7-5-17;1-8(10(11,12)13)7-14-9-5-3-2-4-6-9/h1-3,8-9H,4-7,11H2,(H2,20,21)(H,22,23);8-9,14H,2-7H2,1H3. The Hall–Kier alpha value is -2.61. The van der Waals surface area contributed by atoms with E-state index in [1.165, 1.54) is 19.5 Å². The Kier molecular flexibility index (Phi) is 11.0.